The number of hydrogen-bond acceptors (Lipinski definition) is 2. The lowest BCUT2D eigenvalue weighted by atomic mass is 9.84. The van der Waals surface area contributed by atoms with Gasteiger partial charge in [-0.2, -0.15) is 5.26 Å². The Kier molecular flexibility index (Phi) is 4.61. The van der Waals surface area contributed by atoms with Crippen LogP contribution in [0.15, 0.2) is 30.3 Å². The fraction of sp³-hybridized carbons (Fsp3) is 0.588. The zero-order valence-corrected chi connectivity index (χ0v) is 12.2. The van der Waals surface area contributed by atoms with Crippen molar-refractivity contribution >= 4 is 0 Å². The molecule has 2 heteroatoms. The SMILES string of the molecule is CC1CC(C)C(C)N(C(CC#N)c2ccccc2)C1. The van der Waals surface area contributed by atoms with Gasteiger partial charge in [0.2, 0.25) is 0 Å². The first-order chi connectivity index (χ1) is 9.13. The van der Waals surface area contributed by atoms with Crippen LogP contribution in [-0.4, -0.2) is 17.5 Å². The number of nitrogens with zero attached hydrogens (tertiary/aromatic N) is 2. The van der Waals surface area contributed by atoms with Gasteiger partial charge in [0.25, 0.3) is 0 Å². The molecule has 19 heavy (non-hydrogen) atoms. The summed E-state index contributed by atoms with van der Waals surface area (Å²) in [7, 11) is 0. The van der Waals surface area contributed by atoms with E-state index >= 15 is 0 Å². The topological polar surface area (TPSA) is 27.0 Å². The van der Waals surface area contributed by atoms with Gasteiger partial charge in [0.15, 0.2) is 0 Å². The second-order valence-corrected chi connectivity index (χ2v) is 6.04. The first-order valence-electron chi connectivity index (χ1n) is 7.31. The Hall–Kier alpha value is -1.33. The van der Waals surface area contributed by atoms with Crippen LogP contribution in [0.3, 0.4) is 0 Å². The molecule has 1 heterocycles. The lowest BCUT2D eigenvalue weighted by Gasteiger charge is -2.45. The molecule has 1 fully saturated rings. The molecule has 1 saturated heterocycles. The molecular formula is C17H24N2. The summed E-state index contributed by atoms with van der Waals surface area (Å²) in [6.45, 7) is 8.07. The van der Waals surface area contributed by atoms with Gasteiger partial charge in [-0.3, -0.25) is 4.90 Å². The van der Waals surface area contributed by atoms with Crippen molar-refractivity contribution in [3.63, 3.8) is 0 Å². The van der Waals surface area contributed by atoms with E-state index in [1.165, 1.54) is 12.0 Å². The van der Waals surface area contributed by atoms with Crippen molar-refractivity contribution in [2.24, 2.45) is 11.8 Å². The Morgan fingerprint density at radius 2 is 1.95 bits per heavy atom. The summed E-state index contributed by atoms with van der Waals surface area (Å²) in [5, 5.41) is 9.17. The minimum atomic E-state index is 0.242. The Bertz CT molecular complexity index is 434. The van der Waals surface area contributed by atoms with Crippen molar-refractivity contribution in [3.8, 4) is 6.07 Å². The molecule has 1 aliphatic heterocycles. The van der Waals surface area contributed by atoms with Crippen LogP contribution in [0, 0.1) is 23.2 Å². The summed E-state index contributed by atoms with van der Waals surface area (Å²) in [4.78, 5) is 2.54. The largest absolute Gasteiger partial charge is 0.292 e. The molecule has 102 valence electrons. The number of likely N-dealkylation sites (tertiary alicyclic amines) is 1. The lowest BCUT2D eigenvalue weighted by molar-refractivity contribution is 0.0409. The van der Waals surface area contributed by atoms with Crippen LogP contribution in [0.2, 0.25) is 0 Å². The van der Waals surface area contributed by atoms with Crippen molar-refractivity contribution in [1.82, 2.24) is 4.90 Å². The molecule has 0 amide bonds. The maximum Gasteiger partial charge on any atom is 0.0641 e. The van der Waals surface area contributed by atoms with Gasteiger partial charge < -0.3 is 0 Å². The fourth-order valence-electron chi connectivity index (χ4n) is 3.36. The van der Waals surface area contributed by atoms with Gasteiger partial charge in [-0.05, 0) is 30.7 Å². The zero-order valence-electron chi connectivity index (χ0n) is 12.2. The summed E-state index contributed by atoms with van der Waals surface area (Å²) < 4.78 is 0. The van der Waals surface area contributed by atoms with E-state index < -0.39 is 0 Å². The average Bonchev–Trinajstić information content (AvgIpc) is 2.41. The number of nitriles is 1. The minimum absolute atomic E-state index is 0.242. The van der Waals surface area contributed by atoms with Crippen LogP contribution in [-0.2, 0) is 0 Å². The predicted octanol–water partition coefficient (Wildman–Crippen LogP) is 4.01. The molecule has 0 aliphatic carbocycles. The van der Waals surface area contributed by atoms with Crippen molar-refractivity contribution in [1.29, 1.82) is 5.26 Å². The van der Waals surface area contributed by atoms with E-state index in [0.29, 0.717) is 18.4 Å². The van der Waals surface area contributed by atoms with E-state index in [-0.39, 0.29) is 6.04 Å². The Morgan fingerprint density at radius 3 is 2.58 bits per heavy atom. The van der Waals surface area contributed by atoms with Crippen molar-refractivity contribution in [2.45, 2.75) is 45.7 Å². The van der Waals surface area contributed by atoms with Crippen LogP contribution in [0.5, 0.6) is 0 Å². The molecule has 1 aromatic rings. The molecule has 1 aromatic carbocycles. The molecule has 1 aliphatic rings. The molecule has 0 bridgehead atoms. The third kappa shape index (κ3) is 3.16. The normalized spacial score (nSPS) is 29.7. The van der Waals surface area contributed by atoms with Crippen molar-refractivity contribution in [3.05, 3.63) is 35.9 Å². The summed E-state index contributed by atoms with van der Waals surface area (Å²) in [5.74, 6) is 1.42. The quantitative estimate of drug-likeness (QED) is 0.817. The standard InChI is InChI=1S/C17H24N2/c1-13-11-14(2)15(3)19(12-13)17(9-10-18)16-7-5-4-6-8-16/h4-8,13-15,17H,9,11-12H2,1-3H3. The average molecular weight is 256 g/mol. The van der Waals surface area contributed by atoms with Gasteiger partial charge in [0.05, 0.1) is 12.5 Å². The Labute approximate surface area is 117 Å². The number of hydrogen-bond donors (Lipinski definition) is 0. The molecule has 0 radical (unpaired) electrons. The molecule has 0 spiro atoms. The van der Waals surface area contributed by atoms with Gasteiger partial charge >= 0.3 is 0 Å². The van der Waals surface area contributed by atoms with Crippen LogP contribution < -0.4 is 0 Å². The Morgan fingerprint density at radius 1 is 1.26 bits per heavy atom. The third-order valence-corrected chi connectivity index (χ3v) is 4.51. The van der Waals surface area contributed by atoms with Crippen molar-refractivity contribution < 1.29 is 0 Å². The maximum atomic E-state index is 9.17. The van der Waals surface area contributed by atoms with Crippen LogP contribution >= 0.6 is 0 Å². The lowest BCUT2D eigenvalue weighted by Crippen LogP contribution is -2.47. The summed E-state index contributed by atoms with van der Waals surface area (Å²) >= 11 is 0. The fourth-order valence-corrected chi connectivity index (χ4v) is 3.36. The van der Waals surface area contributed by atoms with E-state index in [9.17, 15) is 5.26 Å². The number of piperidine rings is 1. The molecule has 2 nitrogen and oxygen atoms in total. The number of rotatable bonds is 3. The summed E-state index contributed by atoms with van der Waals surface area (Å²) in [6.07, 6.45) is 1.87. The number of benzene rings is 1. The third-order valence-electron chi connectivity index (χ3n) is 4.51. The second-order valence-electron chi connectivity index (χ2n) is 6.04. The van der Waals surface area contributed by atoms with E-state index in [2.05, 4.69) is 56.0 Å². The van der Waals surface area contributed by atoms with Crippen LogP contribution in [0.1, 0.15) is 45.2 Å². The summed E-state index contributed by atoms with van der Waals surface area (Å²) in [5.41, 5.74) is 1.28. The van der Waals surface area contributed by atoms with E-state index in [1.807, 2.05) is 6.07 Å². The van der Waals surface area contributed by atoms with Gasteiger partial charge in [0.1, 0.15) is 0 Å². The molecule has 2 rings (SSSR count). The van der Waals surface area contributed by atoms with Crippen molar-refractivity contribution in [2.75, 3.05) is 6.54 Å². The van der Waals surface area contributed by atoms with Gasteiger partial charge in [-0.15, -0.1) is 0 Å². The maximum absolute atomic E-state index is 9.17. The monoisotopic (exact) mass is 256 g/mol. The second kappa shape index (κ2) is 6.21. The van der Waals surface area contributed by atoms with E-state index in [4.69, 9.17) is 0 Å². The van der Waals surface area contributed by atoms with Crippen LogP contribution in [0.25, 0.3) is 0 Å². The van der Waals surface area contributed by atoms with E-state index in [1.54, 1.807) is 0 Å². The molecule has 4 atom stereocenters. The first-order valence-corrected chi connectivity index (χ1v) is 7.31. The highest BCUT2D eigenvalue weighted by molar-refractivity contribution is 5.20. The molecule has 0 N–H and O–H groups in total. The van der Waals surface area contributed by atoms with Gasteiger partial charge in [-0.25, -0.2) is 0 Å². The molecule has 4 unspecified atom stereocenters. The highest BCUT2D eigenvalue weighted by Gasteiger charge is 2.33. The van der Waals surface area contributed by atoms with Gasteiger partial charge in [0, 0.05) is 18.6 Å². The first kappa shape index (κ1) is 14.1. The highest BCUT2D eigenvalue weighted by atomic mass is 15.2. The molecule has 0 saturated carbocycles. The summed E-state index contributed by atoms with van der Waals surface area (Å²) in [6, 6.07) is 13.6. The highest BCUT2D eigenvalue weighted by Crippen LogP contribution is 2.35. The van der Waals surface area contributed by atoms with E-state index in [0.717, 1.165) is 12.5 Å². The molecular weight excluding hydrogens is 232 g/mol. The zero-order chi connectivity index (χ0) is 13.8. The predicted molar refractivity (Wildman–Crippen MR) is 78.5 cm³/mol. The minimum Gasteiger partial charge on any atom is -0.292 e. The Balaban J connectivity index is 2.26. The molecule has 0 aromatic heterocycles. The smallest absolute Gasteiger partial charge is 0.0641 e. The van der Waals surface area contributed by atoms with Crippen LogP contribution in [0.4, 0.5) is 0 Å². The van der Waals surface area contributed by atoms with Gasteiger partial charge in [-0.1, -0.05) is 44.2 Å².